The summed E-state index contributed by atoms with van der Waals surface area (Å²) in [6, 6.07) is 4.50. The Balaban J connectivity index is 0.00000243. The average Bonchev–Trinajstić information content (AvgIpc) is 3.26. The number of halogens is 1. The highest BCUT2D eigenvalue weighted by Gasteiger charge is 2.32. The Morgan fingerprint density at radius 3 is 2.62 bits per heavy atom. The lowest BCUT2D eigenvalue weighted by molar-refractivity contribution is -0.126. The van der Waals surface area contributed by atoms with E-state index in [0.29, 0.717) is 18.7 Å². The van der Waals surface area contributed by atoms with Gasteiger partial charge in [-0.25, -0.2) is 13.1 Å². The van der Waals surface area contributed by atoms with E-state index in [1.807, 2.05) is 0 Å². The van der Waals surface area contributed by atoms with Gasteiger partial charge in [0.1, 0.15) is 16.7 Å². The molecule has 1 saturated heterocycles. The molecule has 0 radical (unpaired) electrons. The van der Waals surface area contributed by atoms with Gasteiger partial charge in [-0.1, -0.05) is 0 Å². The Morgan fingerprint density at radius 1 is 1.31 bits per heavy atom. The summed E-state index contributed by atoms with van der Waals surface area (Å²) in [5.74, 6) is -0.0777. The van der Waals surface area contributed by atoms with Gasteiger partial charge in [-0.15, -0.1) is 12.4 Å². The van der Waals surface area contributed by atoms with Gasteiger partial charge in [0.15, 0.2) is 0 Å². The quantitative estimate of drug-likeness (QED) is 0.622. The van der Waals surface area contributed by atoms with Crippen molar-refractivity contribution in [2.45, 2.75) is 48.8 Å². The number of rotatable bonds is 7. The molecule has 1 aliphatic heterocycles. The van der Waals surface area contributed by atoms with Crippen molar-refractivity contribution in [3.05, 3.63) is 18.2 Å². The van der Waals surface area contributed by atoms with Crippen molar-refractivity contribution in [3.63, 3.8) is 0 Å². The van der Waals surface area contributed by atoms with Crippen LogP contribution < -0.4 is 20.5 Å². The van der Waals surface area contributed by atoms with Crippen LogP contribution >= 0.6 is 12.4 Å². The molecule has 2 atom stereocenters. The fraction of sp³-hybridized carbons (Fsp3) is 0.562. The molecule has 1 aromatic rings. The van der Waals surface area contributed by atoms with Gasteiger partial charge in [0.05, 0.1) is 13.2 Å². The number of nitrogens with two attached hydrogens (primary N) is 1. The first-order valence-electron chi connectivity index (χ1n) is 8.29. The van der Waals surface area contributed by atoms with E-state index in [4.69, 9.17) is 15.2 Å². The second kappa shape index (κ2) is 8.53. The van der Waals surface area contributed by atoms with Crippen molar-refractivity contribution in [1.29, 1.82) is 0 Å². The third kappa shape index (κ3) is 4.86. The summed E-state index contributed by atoms with van der Waals surface area (Å²) in [6.07, 6.45) is 2.32. The van der Waals surface area contributed by atoms with E-state index in [-0.39, 0.29) is 41.1 Å². The standard InChI is InChI=1S/C16H23N3O5S.ClH/c1-23-13-6-4-11(8-15(13)25(21,22)19-10-2-3-10)18-16(20)14-7-5-12(9-17)24-14;/h4,6,8,10,12,14,19H,2-3,5,7,9,17H2,1H3,(H,18,20);1H/t12-,14+;/m1./s1. The van der Waals surface area contributed by atoms with Gasteiger partial charge in [0.25, 0.3) is 5.91 Å². The first kappa shape index (κ1) is 20.9. The van der Waals surface area contributed by atoms with Crippen LogP contribution in [0, 0.1) is 0 Å². The Morgan fingerprint density at radius 2 is 2.04 bits per heavy atom. The van der Waals surface area contributed by atoms with Crippen LogP contribution in [0.4, 0.5) is 5.69 Å². The molecule has 0 spiro atoms. The van der Waals surface area contributed by atoms with Crippen molar-refractivity contribution < 1.29 is 22.7 Å². The zero-order valence-corrected chi connectivity index (χ0v) is 16.1. The van der Waals surface area contributed by atoms with Crippen molar-refractivity contribution in [3.8, 4) is 5.75 Å². The smallest absolute Gasteiger partial charge is 0.253 e. The molecule has 1 heterocycles. The van der Waals surface area contributed by atoms with Gasteiger partial charge >= 0.3 is 0 Å². The van der Waals surface area contributed by atoms with Crippen molar-refractivity contribution >= 4 is 34.0 Å². The van der Waals surface area contributed by atoms with E-state index in [1.165, 1.54) is 19.2 Å². The normalized spacial score (nSPS) is 22.5. The molecule has 8 nitrogen and oxygen atoms in total. The Labute approximate surface area is 159 Å². The van der Waals surface area contributed by atoms with Crippen molar-refractivity contribution in [2.24, 2.45) is 5.73 Å². The van der Waals surface area contributed by atoms with Crippen molar-refractivity contribution in [1.82, 2.24) is 4.72 Å². The van der Waals surface area contributed by atoms with Crippen molar-refractivity contribution in [2.75, 3.05) is 19.0 Å². The summed E-state index contributed by atoms with van der Waals surface area (Å²) >= 11 is 0. The maximum absolute atomic E-state index is 12.5. The Bertz CT molecular complexity index is 754. The molecule has 10 heteroatoms. The molecule has 1 aromatic carbocycles. The van der Waals surface area contributed by atoms with Crippen LogP contribution in [0.25, 0.3) is 0 Å². The summed E-state index contributed by atoms with van der Waals surface area (Å²) < 4.78 is 38.3. The molecule has 0 unspecified atom stereocenters. The van der Waals surface area contributed by atoms with E-state index in [1.54, 1.807) is 6.07 Å². The van der Waals surface area contributed by atoms with E-state index >= 15 is 0 Å². The summed E-state index contributed by atoms with van der Waals surface area (Å²) in [6.45, 7) is 0.377. The summed E-state index contributed by atoms with van der Waals surface area (Å²) in [5, 5.41) is 2.71. The summed E-state index contributed by atoms with van der Waals surface area (Å²) in [4.78, 5) is 12.3. The second-order valence-electron chi connectivity index (χ2n) is 6.31. The zero-order chi connectivity index (χ0) is 18.0. The lowest BCUT2D eigenvalue weighted by Crippen LogP contribution is -2.30. The van der Waals surface area contributed by atoms with E-state index in [0.717, 1.165) is 19.3 Å². The highest BCUT2D eigenvalue weighted by molar-refractivity contribution is 7.89. The number of anilines is 1. The molecule has 26 heavy (non-hydrogen) atoms. The molecule has 146 valence electrons. The number of nitrogens with one attached hydrogen (secondary N) is 2. The van der Waals surface area contributed by atoms with E-state index in [2.05, 4.69) is 10.0 Å². The van der Waals surface area contributed by atoms with Crippen LogP contribution in [0.2, 0.25) is 0 Å². The number of sulfonamides is 1. The fourth-order valence-electron chi connectivity index (χ4n) is 2.74. The molecule has 1 aliphatic carbocycles. The predicted molar refractivity (Wildman–Crippen MR) is 99.2 cm³/mol. The summed E-state index contributed by atoms with van der Waals surface area (Å²) in [7, 11) is -2.30. The lowest BCUT2D eigenvalue weighted by atomic mass is 10.2. The number of carbonyl (C=O) groups excluding carboxylic acids is 1. The molecular formula is C16H24ClN3O5S. The molecule has 2 fully saturated rings. The molecule has 3 rings (SSSR count). The third-order valence-electron chi connectivity index (χ3n) is 4.28. The maximum atomic E-state index is 12.5. The Kier molecular flexibility index (Phi) is 6.86. The van der Waals surface area contributed by atoms with Gasteiger partial charge in [0.2, 0.25) is 10.0 Å². The van der Waals surface area contributed by atoms with Gasteiger partial charge in [-0.2, -0.15) is 0 Å². The van der Waals surface area contributed by atoms with Crippen LogP contribution in [0.3, 0.4) is 0 Å². The molecule has 1 amide bonds. The van der Waals surface area contributed by atoms with Gasteiger partial charge in [-0.3, -0.25) is 4.79 Å². The minimum Gasteiger partial charge on any atom is -0.495 e. The zero-order valence-electron chi connectivity index (χ0n) is 14.4. The van der Waals surface area contributed by atoms with E-state index < -0.39 is 16.1 Å². The molecule has 0 bridgehead atoms. The first-order valence-corrected chi connectivity index (χ1v) is 9.78. The highest BCUT2D eigenvalue weighted by atomic mass is 35.5. The number of ether oxygens (including phenoxy) is 2. The highest BCUT2D eigenvalue weighted by Crippen LogP contribution is 2.30. The van der Waals surface area contributed by atoms with Crippen LogP contribution in [-0.4, -0.2) is 46.2 Å². The van der Waals surface area contributed by atoms with Gasteiger partial charge in [0, 0.05) is 18.3 Å². The molecule has 2 aliphatic rings. The van der Waals surface area contributed by atoms with E-state index in [9.17, 15) is 13.2 Å². The monoisotopic (exact) mass is 405 g/mol. The maximum Gasteiger partial charge on any atom is 0.253 e. The molecule has 1 saturated carbocycles. The minimum absolute atomic E-state index is 0. The minimum atomic E-state index is -3.70. The topological polar surface area (TPSA) is 120 Å². The molecular weight excluding hydrogens is 382 g/mol. The number of hydrogen-bond donors (Lipinski definition) is 3. The number of methoxy groups -OCH3 is 1. The van der Waals surface area contributed by atoms with Crippen LogP contribution in [0.15, 0.2) is 23.1 Å². The molecule has 0 aromatic heterocycles. The number of benzene rings is 1. The molecule has 4 N–H and O–H groups in total. The van der Waals surface area contributed by atoms with Crippen LogP contribution in [0.1, 0.15) is 25.7 Å². The average molecular weight is 406 g/mol. The van der Waals surface area contributed by atoms with Gasteiger partial charge in [-0.05, 0) is 43.9 Å². The first-order chi connectivity index (χ1) is 11.9. The largest absolute Gasteiger partial charge is 0.495 e. The second-order valence-corrected chi connectivity index (χ2v) is 7.99. The van der Waals surface area contributed by atoms with Crippen LogP contribution in [0.5, 0.6) is 5.75 Å². The summed E-state index contributed by atoms with van der Waals surface area (Å²) in [5.41, 5.74) is 5.93. The van der Waals surface area contributed by atoms with Gasteiger partial charge < -0.3 is 20.5 Å². The number of carbonyl (C=O) groups is 1. The SMILES string of the molecule is COc1ccc(NC(=O)[C@@H]2CC[C@H](CN)O2)cc1S(=O)(=O)NC1CC1.Cl. The van der Waals surface area contributed by atoms with Crippen LogP contribution in [-0.2, 0) is 19.6 Å². The number of hydrogen-bond acceptors (Lipinski definition) is 6. The predicted octanol–water partition coefficient (Wildman–Crippen LogP) is 1.00. The number of amides is 1. The third-order valence-corrected chi connectivity index (χ3v) is 5.82. The lowest BCUT2D eigenvalue weighted by Gasteiger charge is -2.15. The fourth-order valence-corrected chi connectivity index (χ4v) is 4.24. The Hall–Kier alpha value is -1.39.